The van der Waals surface area contributed by atoms with Gasteiger partial charge in [-0.2, -0.15) is 0 Å². The summed E-state index contributed by atoms with van der Waals surface area (Å²) in [7, 11) is 1.99. The van der Waals surface area contributed by atoms with E-state index in [0.29, 0.717) is 6.04 Å². The van der Waals surface area contributed by atoms with Crippen LogP contribution in [0.4, 0.5) is 0 Å². The molecule has 16 heavy (non-hydrogen) atoms. The Bertz CT molecular complexity index is 322. The lowest BCUT2D eigenvalue weighted by molar-refractivity contribution is 0.521. The predicted molar refractivity (Wildman–Crippen MR) is 70.9 cm³/mol. The van der Waals surface area contributed by atoms with Crippen LogP contribution in [-0.2, 0) is 6.54 Å². The molecule has 1 aromatic rings. The second kappa shape index (κ2) is 6.02. The van der Waals surface area contributed by atoms with Crippen molar-refractivity contribution in [1.82, 2.24) is 10.6 Å². The third-order valence-corrected chi connectivity index (χ3v) is 2.98. The first-order valence-electron chi connectivity index (χ1n) is 5.99. The number of nitrogens with one attached hydrogen (secondary N) is 2. The number of aryl methyl sites for hydroxylation is 3. The van der Waals surface area contributed by atoms with E-state index in [9.17, 15) is 0 Å². The molecule has 0 aromatic heterocycles. The maximum absolute atomic E-state index is 3.54. The minimum Gasteiger partial charge on any atom is -0.318 e. The Labute approximate surface area is 99.5 Å². The maximum Gasteiger partial charge on any atom is 0.0213 e. The molecule has 0 aliphatic carbocycles. The minimum atomic E-state index is 0.505. The lowest BCUT2D eigenvalue weighted by Gasteiger charge is -2.16. The van der Waals surface area contributed by atoms with Crippen LogP contribution < -0.4 is 10.6 Å². The summed E-state index contributed by atoms with van der Waals surface area (Å²) < 4.78 is 0. The van der Waals surface area contributed by atoms with E-state index in [4.69, 9.17) is 0 Å². The van der Waals surface area contributed by atoms with Gasteiger partial charge in [0.2, 0.25) is 0 Å². The number of benzene rings is 1. The van der Waals surface area contributed by atoms with Crippen LogP contribution in [0.15, 0.2) is 12.1 Å². The highest BCUT2D eigenvalue weighted by atomic mass is 15.0. The number of hydrogen-bond donors (Lipinski definition) is 2. The molecule has 1 atom stereocenters. The summed E-state index contributed by atoms with van der Waals surface area (Å²) in [5.74, 6) is 0. The fourth-order valence-electron chi connectivity index (χ4n) is 2.14. The van der Waals surface area contributed by atoms with Gasteiger partial charge in [0.15, 0.2) is 0 Å². The molecule has 0 heterocycles. The van der Waals surface area contributed by atoms with Gasteiger partial charge in [-0.05, 0) is 51.4 Å². The molecule has 2 heteroatoms. The average Bonchev–Trinajstić information content (AvgIpc) is 2.16. The van der Waals surface area contributed by atoms with Crippen LogP contribution in [0, 0.1) is 20.8 Å². The van der Waals surface area contributed by atoms with Crippen molar-refractivity contribution in [2.45, 2.75) is 40.3 Å². The monoisotopic (exact) mass is 220 g/mol. The van der Waals surface area contributed by atoms with E-state index in [1.54, 1.807) is 0 Å². The molecular weight excluding hydrogens is 196 g/mol. The van der Waals surface area contributed by atoms with Crippen LogP contribution in [-0.4, -0.2) is 19.6 Å². The predicted octanol–water partition coefficient (Wildman–Crippen LogP) is 2.31. The zero-order valence-corrected chi connectivity index (χ0v) is 11.1. The molecule has 2 nitrogen and oxygen atoms in total. The fraction of sp³-hybridized carbons (Fsp3) is 0.571. The van der Waals surface area contributed by atoms with E-state index in [2.05, 4.69) is 50.5 Å². The van der Waals surface area contributed by atoms with Crippen LogP contribution in [0.25, 0.3) is 0 Å². The molecular formula is C14H24N2. The van der Waals surface area contributed by atoms with Gasteiger partial charge in [0.1, 0.15) is 0 Å². The second-order valence-electron chi connectivity index (χ2n) is 4.72. The normalized spacial score (nSPS) is 12.8. The zero-order valence-electron chi connectivity index (χ0n) is 11.1. The van der Waals surface area contributed by atoms with E-state index in [-0.39, 0.29) is 0 Å². The highest BCUT2D eigenvalue weighted by molar-refractivity contribution is 5.37. The summed E-state index contributed by atoms with van der Waals surface area (Å²) >= 11 is 0. The lowest BCUT2D eigenvalue weighted by atomic mass is 9.99. The van der Waals surface area contributed by atoms with Gasteiger partial charge in [-0.3, -0.25) is 0 Å². The molecule has 0 aliphatic heterocycles. The summed E-state index contributed by atoms with van der Waals surface area (Å²) in [5, 5.41) is 6.72. The van der Waals surface area contributed by atoms with E-state index >= 15 is 0 Å². The Morgan fingerprint density at radius 3 is 2.19 bits per heavy atom. The quantitative estimate of drug-likeness (QED) is 0.795. The van der Waals surface area contributed by atoms with Gasteiger partial charge in [0, 0.05) is 19.1 Å². The van der Waals surface area contributed by atoms with Crippen LogP contribution in [0.5, 0.6) is 0 Å². The lowest BCUT2D eigenvalue weighted by Crippen LogP contribution is -2.34. The molecule has 0 amide bonds. The third-order valence-electron chi connectivity index (χ3n) is 2.98. The van der Waals surface area contributed by atoms with E-state index in [1.807, 2.05) is 7.05 Å². The van der Waals surface area contributed by atoms with Gasteiger partial charge in [-0.1, -0.05) is 17.7 Å². The van der Waals surface area contributed by atoms with Crippen molar-refractivity contribution in [2.75, 3.05) is 13.6 Å². The van der Waals surface area contributed by atoms with Gasteiger partial charge in [-0.15, -0.1) is 0 Å². The first-order chi connectivity index (χ1) is 7.54. The molecule has 1 unspecified atom stereocenters. The molecule has 0 saturated heterocycles. The van der Waals surface area contributed by atoms with Crippen molar-refractivity contribution in [3.8, 4) is 0 Å². The number of likely N-dealkylation sites (N-methyl/N-ethyl adjacent to an activating group) is 1. The van der Waals surface area contributed by atoms with Gasteiger partial charge in [-0.25, -0.2) is 0 Å². The summed E-state index contributed by atoms with van der Waals surface area (Å²) in [6.45, 7) is 10.7. The topological polar surface area (TPSA) is 24.1 Å². The van der Waals surface area contributed by atoms with Crippen molar-refractivity contribution < 1.29 is 0 Å². The number of rotatable bonds is 5. The molecule has 0 spiro atoms. The fourth-order valence-corrected chi connectivity index (χ4v) is 2.14. The van der Waals surface area contributed by atoms with Crippen molar-refractivity contribution >= 4 is 0 Å². The Morgan fingerprint density at radius 1 is 1.12 bits per heavy atom. The minimum absolute atomic E-state index is 0.505. The molecule has 0 aliphatic rings. The van der Waals surface area contributed by atoms with E-state index < -0.39 is 0 Å². The van der Waals surface area contributed by atoms with Crippen molar-refractivity contribution in [3.05, 3.63) is 34.4 Å². The average molecular weight is 220 g/mol. The number of hydrogen-bond acceptors (Lipinski definition) is 2. The smallest absolute Gasteiger partial charge is 0.0213 e. The summed E-state index contributed by atoms with van der Waals surface area (Å²) in [6.07, 6.45) is 0. The van der Waals surface area contributed by atoms with Gasteiger partial charge in [0.05, 0.1) is 0 Å². The summed E-state index contributed by atoms with van der Waals surface area (Å²) in [4.78, 5) is 0. The standard InChI is InChI=1S/C14H24N2/c1-10-6-11(2)14(12(3)7-10)9-16-13(4)8-15-5/h6-7,13,15-16H,8-9H2,1-5H3. The Balaban J connectivity index is 2.67. The molecule has 1 rings (SSSR count). The van der Waals surface area contributed by atoms with Gasteiger partial charge in [0.25, 0.3) is 0 Å². The largest absolute Gasteiger partial charge is 0.318 e. The SMILES string of the molecule is CNCC(C)NCc1c(C)cc(C)cc1C. The van der Waals surface area contributed by atoms with Gasteiger partial charge < -0.3 is 10.6 Å². The van der Waals surface area contributed by atoms with Gasteiger partial charge >= 0.3 is 0 Å². The van der Waals surface area contributed by atoms with Crippen molar-refractivity contribution in [3.63, 3.8) is 0 Å². The Hall–Kier alpha value is -0.860. The van der Waals surface area contributed by atoms with Crippen LogP contribution in [0.3, 0.4) is 0 Å². The molecule has 2 N–H and O–H groups in total. The molecule has 0 radical (unpaired) electrons. The molecule has 0 bridgehead atoms. The Morgan fingerprint density at radius 2 is 1.69 bits per heavy atom. The highest BCUT2D eigenvalue weighted by Crippen LogP contribution is 2.16. The molecule has 1 aromatic carbocycles. The molecule has 90 valence electrons. The van der Waals surface area contributed by atoms with E-state index in [1.165, 1.54) is 22.3 Å². The van der Waals surface area contributed by atoms with Crippen LogP contribution in [0.2, 0.25) is 0 Å². The molecule has 0 fully saturated rings. The van der Waals surface area contributed by atoms with Crippen LogP contribution in [0.1, 0.15) is 29.2 Å². The van der Waals surface area contributed by atoms with E-state index in [0.717, 1.165) is 13.1 Å². The Kier molecular flexibility index (Phi) is 4.97. The first kappa shape index (κ1) is 13.2. The summed E-state index contributed by atoms with van der Waals surface area (Å²) in [5.41, 5.74) is 5.57. The zero-order chi connectivity index (χ0) is 12.1. The second-order valence-corrected chi connectivity index (χ2v) is 4.72. The molecule has 0 saturated carbocycles. The first-order valence-corrected chi connectivity index (χ1v) is 5.99. The maximum atomic E-state index is 3.54. The van der Waals surface area contributed by atoms with Crippen LogP contribution >= 0.6 is 0 Å². The third kappa shape index (κ3) is 3.62. The van der Waals surface area contributed by atoms with Crippen molar-refractivity contribution in [2.24, 2.45) is 0 Å². The highest BCUT2D eigenvalue weighted by Gasteiger charge is 2.05. The summed E-state index contributed by atoms with van der Waals surface area (Å²) in [6, 6.07) is 5.02. The van der Waals surface area contributed by atoms with Crippen molar-refractivity contribution in [1.29, 1.82) is 0 Å².